The van der Waals surface area contributed by atoms with Crippen molar-refractivity contribution in [3.63, 3.8) is 0 Å². The van der Waals surface area contributed by atoms with Crippen LogP contribution in [0.1, 0.15) is 25.5 Å². The summed E-state index contributed by atoms with van der Waals surface area (Å²) in [6.45, 7) is 4.02. The fourth-order valence-corrected chi connectivity index (χ4v) is 2.59. The van der Waals surface area contributed by atoms with E-state index in [4.69, 9.17) is 10.5 Å². The van der Waals surface area contributed by atoms with E-state index in [2.05, 4.69) is 5.32 Å². The molecule has 1 aromatic carbocycles. The quantitative estimate of drug-likeness (QED) is 0.786. The van der Waals surface area contributed by atoms with Crippen LogP contribution < -0.4 is 15.8 Å². The zero-order valence-corrected chi connectivity index (χ0v) is 12.6. The van der Waals surface area contributed by atoms with Crippen LogP contribution in [0.5, 0.6) is 5.75 Å². The molecule has 0 aliphatic carbocycles. The molecule has 1 aliphatic heterocycles. The minimum absolute atomic E-state index is 0.137. The molecule has 2 rings (SSSR count). The van der Waals surface area contributed by atoms with E-state index in [1.807, 2.05) is 29.2 Å². The lowest BCUT2D eigenvalue weighted by molar-refractivity contribution is -0.147. The van der Waals surface area contributed by atoms with Crippen LogP contribution in [0.4, 0.5) is 0 Å². The highest BCUT2D eigenvalue weighted by Gasteiger charge is 2.44. The van der Waals surface area contributed by atoms with Crippen LogP contribution in [-0.2, 0) is 9.59 Å². The van der Waals surface area contributed by atoms with Gasteiger partial charge in [0.25, 0.3) is 0 Å². The van der Waals surface area contributed by atoms with Crippen molar-refractivity contribution in [3.05, 3.63) is 29.8 Å². The van der Waals surface area contributed by atoms with Crippen molar-refractivity contribution in [2.75, 3.05) is 20.2 Å². The molecular formula is C15H21N3O3. The van der Waals surface area contributed by atoms with Crippen LogP contribution in [0.25, 0.3) is 0 Å². The van der Waals surface area contributed by atoms with Gasteiger partial charge < -0.3 is 10.5 Å². The third kappa shape index (κ3) is 2.91. The predicted molar refractivity (Wildman–Crippen MR) is 78.7 cm³/mol. The van der Waals surface area contributed by atoms with Crippen LogP contribution in [-0.4, -0.2) is 42.5 Å². The van der Waals surface area contributed by atoms with E-state index in [0.717, 1.165) is 11.3 Å². The van der Waals surface area contributed by atoms with Gasteiger partial charge in [-0.05, 0) is 31.5 Å². The van der Waals surface area contributed by atoms with Crippen molar-refractivity contribution in [2.24, 2.45) is 5.73 Å². The SMILES string of the molecule is COc1cccc(C(CN)N2CC(=O)NC(=O)C2(C)C)c1. The number of nitrogens with two attached hydrogens (primary N) is 1. The Balaban J connectivity index is 2.38. The topological polar surface area (TPSA) is 84.7 Å². The molecule has 0 aromatic heterocycles. The van der Waals surface area contributed by atoms with E-state index < -0.39 is 5.54 Å². The Morgan fingerprint density at radius 3 is 2.76 bits per heavy atom. The van der Waals surface area contributed by atoms with E-state index in [1.165, 1.54) is 0 Å². The van der Waals surface area contributed by atoms with E-state index in [9.17, 15) is 9.59 Å². The summed E-state index contributed by atoms with van der Waals surface area (Å²) in [4.78, 5) is 25.6. The Kier molecular flexibility index (Phi) is 4.29. The third-order valence-electron chi connectivity index (χ3n) is 3.92. The summed E-state index contributed by atoms with van der Waals surface area (Å²) in [6.07, 6.45) is 0. The van der Waals surface area contributed by atoms with Gasteiger partial charge in [-0.1, -0.05) is 12.1 Å². The van der Waals surface area contributed by atoms with Crippen molar-refractivity contribution in [2.45, 2.75) is 25.4 Å². The zero-order chi connectivity index (χ0) is 15.6. The number of ether oxygens (including phenoxy) is 1. The summed E-state index contributed by atoms with van der Waals surface area (Å²) in [7, 11) is 1.60. The number of nitrogens with one attached hydrogen (secondary N) is 1. The molecule has 6 nitrogen and oxygen atoms in total. The fraction of sp³-hybridized carbons (Fsp3) is 0.467. The summed E-state index contributed by atoms with van der Waals surface area (Å²) < 4.78 is 5.23. The van der Waals surface area contributed by atoms with E-state index in [-0.39, 0.29) is 24.4 Å². The Morgan fingerprint density at radius 2 is 2.14 bits per heavy atom. The average molecular weight is 291 g/mol. The number of carbonyl (C=O) groups is 2. The van der Waals surface area contributed by atoms with Crippen molar-refractivity contribution in [1.29, 1.82) is 0 Å². The molecule has 1 atom stereocenters. The van der Waals surface area contributed by atoms with Gasteiger partial charge in [0.05, 0.1) is 19.2 Å². The highest BCUT2D eigenvalue weighted by Crippen LogP contribution is 2.31. The second-order valence-electron chi connectivity index (χ2n) is 5.59. The lowest BCUT2D eigenvalue weighted by Crippen LogP contribution is -2.65. The van der Waals surface area contributed by atoms with Gasteiger partial charge in [0, 0.05) is 12.6 Å². The molecule has 1 heterocycles. The van der Waals surface area contributed by atoms with Crippen molar-refractivity contribution < 1.29 is 14.3 Å². The van der Waals surface area contributed by atoms with Crippen LogP contribution in [0, 0.1) is 0 Å². The number of hydrogen-bond acceptors (Lipinski definition) is 5. The van der Waals surface area contributed by atoms with E-state index >= 15 is 0 Å². The number of imide groups is 1. The van der Waals surface area contributed by atoms with Gasteiger partial charge >= 0.3 is 0 Å². The molecule has 2 amide bonds. The van der Waals surface area contributed by atoms with Crippen molar-refractivity contribution in [3.8, 4) is 5.75 Å². The molecule has 1 fully saturated rings. The average Bonchev–Trinajstić information content (AvgIpc) is 2.45. The van der Waals surface area contributed by atoms with Crippen LogP contribution in [0.2, 0.25) is 0 Å². The standard InChI is InChI=1S/C15H21N3O3/c1-15(2)14(20)17-13(19)9-18(15)12(8-16)10-5-4-6-11(7-10)21-3/h4-7,12H,8-9,16H2,1-3H3,(H,17,19,20). The summed E-state index contributed by atoms with van der Waals surface area (Å²) in [5, 5.41) is 2.37. The zero-order valence-electron chi connectivity index (χ0n) is 12.6. The normalized spacial score (nSPS) is 20.0. The summed E-state index contributed by atoms with van der Waals surface area (Å²) in [6, 6.07) is 7.29. The van der Waals surface area contributed by atoms with Crippen LogP contribution >= 0.6 is 0 Å². The molecule has 1 aromatic rings. The number of rotatable bonds is 4. The molecular weight excluding hydrogens is 270 g/mol. The Morgan fingerprint density at radius 1 is 1.43 bits per heavy atom. The third-order valence-corrected chi connectivity index (χ3v) is 3.92. The second kappa shape index (κ2) is 5.83. The molecule has 114 valence electrons. The summed E-state index contributed by atoms with van der Waals surface area (Å²) in [5.74, 6) is 0.109. The predicted octanol–water partition coefficient (Wildman–Crippen LogP) is 0.432. The molecule has 1 saturated heterocycles. The first kappa shape index (κ1) is 15.5. The molecule has 0 saturated carbocycles. The number of nitrogens with zero attached hydrogens (tertiary/aromatic N) is 1. The van der Waals surface area contributed by atoms with Crippen LogP contribution in [0.15, 0.2) is 24.3 Å². The minimum atomic E-state index is -0.805. The highest BCUT2D eigenvalue weighted by atomic mass is 16.5. The smallest absolute Gasteiger partial charge is 0.246 e. The van der Waals surface area contributed by atoms with E-state index in [0.29, 0.717) is 6.54 Å². The lowest BCUT2D eigenvalue weighted by Gasteiger charge is -2.44. The number of carbonyl (C=O) groups excluding carboxylic acids is 2. The van der Waals surface area contributed by atoms with Crippen molar-refractivity contribution >= 4 is 11.8 Å². The van der Waals surface area contributed by atoms with Gasteiger partial charge in [0.15, 0.2) is 0 Å². The van der Waals surface area contributed by atoms with Gasteiger partial charge in [0.1, 0.15) is 5.75 Å². The van der Waals surface area contributed by atoms with Gasteiger partial charge in [-0.15, -0.1) is 0 Å². The molecule has 3 N–H and O–H groups in total. The molecule has 1 aliphatic rings. The monoisotopic (exact) mass is 291 g/mol. The number of hydrogen-bond donors (Lipinski definition) is 2. The Labute approximate surface area is 124 Å². The van der Waals surface area contributed by atoms with Gasteiger partial charge in [-0.25, -0.2) is 0 Å². The molecule has 21 heavy (non-hydrogen) atoms. The number of methoxy groups -OCH3 is 1. The largest absolute Gasteiger partial charge is 0.497 e. The number of piperazine rings is 1. The van der Waals surface area contributed by atoms with Gasteiger partial charge in [0.2, 0.25) is 11.8 Å². The molecule has 0 bridgehead atoms. The fourth-order valence-electron chi connectivity index (χ4n) is 2.59. The molecule has 0 radical (unpaired) electrons. The van der Waals surface area contributed by atoms with Gasteiger partial charge in [-0.2, -0.15) is 0 Å². The van der Waals surface area contributed by atoms with Crippen molar-refractivity contribution in [1.82, 2.24) is 10.2 Å². The summed E-state index contributed by atoms with van der Waals surface area (Å²) in [5.41, 5.74) is 6.03. The minimum Gasteiger partial charge on any atom is -0.497 e. The first-order chi connectivity index (χ1) is 9.90. The second-order valence-corrected chi connectivity index (χ2v) is 5.59. The molecule has 1 unspecified atom stereocenters. The molecule has 6 heteroatoms. The number of benzene rings is 1. The first-order valence-electron chi connectivity index (χ1n) is 6.85. The van der Waals surface area contributed by atoms with Gasteiger partial charge in [-0.3, -0.25) is 19.8 Å². The maximum atomic E-state index is 12.1. The lowest BCUT2D eigenvalue weighted by atomic mass is 9.93. The summed E-state index contributed by atoms with van der Waals surface area (Å²) >= 11 is 0. The molecule has 0 spiro atoms. The highest BCUT2D eigenvalue weighted by molar-refractivity contribution is 6.03. The first-order valence-corrected chi connectivity index (χ1v) is 6.85. The maximum absolute atomic E-state index is 12.1. The van der Waals surface area contributed by atoms with E-state index in [1.54, 1.807) is 21.0 Å². The Hall–Kier alpha value is -1.92. The van der Waals surface area contributed by atoms with Crippen LogP contribution in [0.3, 0.4) is 0 Å². The number of amides is 2. The Bertz CT molecular complexity index is 557. The maximum Gasteiger partial charge on any atom is 0.246 e.